The summed E-state index contributed by atoms with van der Waals surface area (Å²) in [5.41, 5.74) is 3.90. The van der Waals surface area contributed by atoms with E-state index in [9.17, 15) is 9.90 Å². The summed E-state index contributed by atoms with van der Waals surface area (Å²) in [6.45, 7) is 2.69. The van der Waals surface area contributed by atoms with Gasteiger partial charge in [-0.15, -0.1) is 24.8 Å². The summed E-state index contributed by atoms with van der Waals surface area (Å²) in [6.07, 6.45) is 6.15. The maximum Gasteiger partial charge on any atom is 0.163 e. The quantitative estimate of drug-likeness (QED) is 0.307. The molecular weight excluding hydrogens is 528 g/mol. The number of nitrogens with zero attached hydrogens (tertiary/aromatic N) is 2. The van der Waals surface area contributed by atoms with Crippen molar-refractivity contribution in [2.24, 2.45) is 5.92 Å². The largest absolute Gasteiger partial charge is 0.505 e. The van der Waals surface area contributed by atoms with Gasteiger partial charge in [0, 0.05) is 24.2 Å². The van der Waals surface area contributed by atoms with E-state index in [-0.39, 0.29) is 46.4 Å². The van der Waals surface area contributed by atoms with Gasteiger partial charge in [-0.25, -0.2) is 0 Å². The van der Waals surface area contributed by atoms with Crippen molar-refractivity contribution in [1.82, 2.24) is 9.88 Å². The number of nitrogens with one attached hydrogen (secondary N) is 1. The first-order chi connectivity index (χ1) is 15.7. The molecule has 0 bridgehead atoms. The zero-order valence-corrected chi connectivity index (χ0v) is 23.1. The number of phenols is 1. The van der Waals surface area contributed by atoms with E-state index in [1.165, 1.54) is 12.8 Å². The number of pyridine rings is 1. The Labute approximate surface area is 229 Å². The van der Waals surface area contributed by atoms with Gasteiger partial charge in [-0.3, -0.25) is 9.78 Å². The second-order valence-electron chi connectivity index (χ2n) is 9.25. The number of rotatable bonds is 6. The van der Waals surface area contributed by atoms with Gasteiger partial charge in [-0.1, -0.05) is 29.3 Å². The van der Waals surface area contributed by atoms with Crippen LogP contribution in [0.25, 0.3) is 22.0 Å². The number of ketones is 1. The number of hydrogen-bond donors (Lipinski definition) is 2. The van der Waals surface area contributed by atoms with Gasteiger partial charge in [0.2, 0.25) is 0 Å². The lowest BCUT2D eigenvalue weighted by Gasteiger charge is -2.32. The van der Waals surface area contributed by atoms with Gasteiger partial charge in [0.1, 0.15) is 0 Å². The molecule has 0 unspecified atom stereocenters. The number of phenolic OH excluding ortho intramolecular Hbond substituents is 1. The molecule has 3 aromatic rings. The molecule has 5 nitrogen and oxygen atoms in total. The third-order valence-corrected chi connectivity index (χ3v) is 6.99. The Morgan fingerprint density at radius 2 is 1.69 bits per heavy atom. The third kappa shape index (κ3) is 6.72. The molecule has 1 heterocycles. The maximum atomic E-state index is 12.5. The first kappa shape index (κ1) is 29.5. The van der Waals surface area contributed by atoms with Crippen molar-refractivity contribution < 1.29 is 9.90 Å². The summed E-state index contributed by atoms with van der Waals surface area (Å²) in [5.74, 6) is 0.569. The number of anilines is 1. The Bertz CT molecular complexity index is 1170. The van der Waals surface area contributed by atoms with Crippen LogP contribution in [-0.4, -0.2) is 47.5 Å². The van der Waals surface area contributed by atoms with E-state index in [0.717, 1.165) is 53.0 Å². The van der Waals surface area contributed by atoms with Gasteiger partial charge < -0.3 is 15.3 Å². The molecule has 35 heavy (non-hydrogen) atoms. The fraction of sp³-hybridized carbons (Fsp3) is 0.385. The molecule has 0 amide bonds. The van der Waals surface area contributed by atoms with E-state index < -0.39 is 0 Å². The van der Waals surface area contributed by atoms with Crippen LogP contribution in [0.15, 0.2) is 36.5 Å². The molecule has 1 aliphatic rings. The average molecular weight is 559 g/mol. The minimum atomic E-state index is -0.129. The molecule has 0 aliphatic heterocycles. The molecule has 1 aromatic heterocycles. The second-order valence-corrected chi connectivity index (χ2v) is 10.1. The summed E-state index contributed by atoms with van der Waals surface area (Å²) in [5, 5.41) is 14.9. The normalized spacial score (nSPS) is 17.5. The van der Waals surface area contributed by atoms with Gasteiger partial charge in [-0.05, 0) is 88.0 Å². The molecule has 2 aromatic carbocycles. The topological polar surface area (TPSA) is 65.5 Å². The van der Waals surface area contributed by atoms with Crippen LogP contribution in [0.2, 0.25) is 10.0 Å². The smallest absolute Gasteiger partial charge is 0.163 e. The highest BCUT2D eigenvalue weighted by Crippen LogP contribution is 2.38. The first-order valence-electron chi connectivity index (χ1n) is 11.3. The number of aromatic nitrogens is 1. The molecule has 2 N–H and O–H groups in total. The maximum absolute atomic E-state index is 12.5. The zero-order valence-electron chi connectivity index (χ0n) is 20.0. The summed E-state index contributed by atoms with van der Waals surface area (Å²) in [4.78, 5) is 19.2. The number of carbonyl (C=O) groups excluding carboxylic acids is 1. The number of hydrogen-bond acceptors (Lipinski definition) is 5. The highest BCUT2D eigenvalue weighted by molar-refractivity contribution is 6.37. The van der Waals surface area contributed by atoms with Crippen molar-refractivity contribution in [3.63, 3.8) is 0 Å². The standard InChI is InChI=1S/C26H29Cl2N3O2.2ClH/c1-15(32)21-13-29-24-9-6-17(18-11-22(27)26(33)23(28)12-18)10-20(24)25(21)30-19-7-4-16(5-8-19)14-31(2)3;;/h6,9-13,16,19,33H,4-5,7-8,14H2,1-3H3,(H,29,30);2*1H. The minimum Gasteiger partial charge on any atom is -0.505 e. The summed E-state index contributed by atoms with van der Waals surface area (Å²) < 4.78 is 0. The Morgan fingerprint density at radius 3 is 2.26 bits per heavy atom. The van der Waals surface area contributed by atoms with E-state index >= 15 is 0 Å². The summed E-state index contributed by atoms with van der Waals surface area (Å²) in [6, 6.07) is 9.57. The fourth-order valence-corrected chi connectivity index (χ4v) is 5.22. The Morgan fingerprint density at radius 1 is 1.06 bits per heavy atom. The predicted octanol–water partition coefficient (Wildman–Crippen LogP) is 7.49. The van der Waals surface area contributed by atoms with Gasteiger partial charge >= 0.3 is 0 Å². The van der Waals surface area contributed by atoms with E-state index in [1.54, 1.807) is 25.3 Å². The van der Waals surface area contributed by atoms with Gasteiger partial charge in [0.25, 0.3) is 0 Å². The second kappa shape index (κ2) is 12.5. The van der Waals surface area contributed by atoms with Crippen LogP contribution >= 0.6 is 48.0 Å². The fourth-order valence-electron chi connectivity index (χ4n) is 4.74. The van der Waals surface area contributed by atoms with E-state index in [4.69, 9.17) is 23.2 Å². The van der Waals surface area contributed by atoms with Crippen molar-refractivity contribution in [3.05, 3.63) is 52.1 Å². The molecule has 4 rings (SSSR count). The molecule has 190 valence electrons. The molecule has 1 saturated carbocycles. The molecule has 0 spiro atoms. The molecule has 0 saturated heterocycles. The monoisotopic (exact) mass is 557 g/mol. The molecule has 0 radical (unpaired) electrons. The highest BCUT2D eigenvalue weighted by atomic mass is 35.5. The first-order valence-corrected chi connectivity index (χ1v) is 12.0. The Kier molecular flexibility index (Phi) is 10.5. The van der Waals surface area contributed by atoms with Crippen LogP contribution < -0.4 is 5.32 Å². The minimum absolute atomic E-state index is 0. The number of fused-ring (bicyclic) bond motifs is 1. The molecule has 0 atom stereocenters. The summed E-state index contributed by atoms with van der Waals surface area (Å²) >= 11 is 12.3. The van der Waals surface area contributed by atoms with Gasteiger partial charge in [0.05, 0.1) is 26.8 Å². The number of halogens is 4. The number of benzene rings is 2. The van der Waals surface area contributed by atoms with Crippen LogP contribution in [0.4, 0.5) is 5.69 Å². The van der Waals surface area contributed by atoms with Crippen LogP contribution in [0, 0.1) is 5.92 Å². The van der Waals surface area contributed by atoms with Crippen LogP contribution in [-0.2, 0) is 0 Å². The SMILES string of the molecule is CC(=O)c1cnc2ccc(-c3cc(Cl)c(O)c(Cl)c3)cc2c1NC1CCC(CN(C)C)CC1.Cl.Cl. The number of aromatic hydroxyl groups is 1. The van der Waals surface area contributed by atoms with Crippen molar-refractivity contribution >= 4 is 70.4 Å². The van der Waals surface area contributed by atoms with E-state index in [1.807, 2.05) is 18.2 Å². The van der Waals surface area contributed by atoms with Crippen LogP contribution in [0.3, 0.4) is 0 Å². The van der Waals surface area contributed by atoms with Crippen molar-refractivity contribution in [2.75, 3.05) is 26.0 Å². The predicted molar refractivity (Wildman–Crippen MR) is 151 cm³/mol. The number of Topliss-reactive ketones (excluding diaryl/α,β-unsaturated/α-hetero) is 1. The van der Waals surface area contributed by atoms with Gasteiger partial charge in [0.15, 0.2) is 11.5 Å². The zero-order chi connectivity index (χ0) is 23.7. The van der Waals surface area contributed by atoms with Gasteiger partial charge in [-0.2, -0.15) is 0 Å². The molecule has 1 fully saturated rings. The molecule has 1 aliphatic carbocycles. The molecule has 9 heteroatoms. The highest BCUT2D eigenvalue weighted by Gasteiger charge is 2.24. The molecular formula is C26H31Cl4N3O2. The third-order valence-electron chi connectivity index (χ3n) is 6.42. The van der Waals surface area contributed by atoms with E-state index in [0.29, 0.717) is 11.6 Å². The van der Waals surface area contributed by atoms with Crippen LogP contribution in [0.1, 0.15) is 43.0 Å². The lowest BCUT2D eigenvalue weighted by molar-refractivity contribution is 0.101. The number of carbonyl (C=O) groups is 1. The van der Waals surface area contributed by atoms with Crippen molar-refractivity contribution in [2.45, 2.75) is 38.6 Å². The summed E-state index contributed by atoms with van der Waals surface area (Å²) in [7, 11) is 4.25. The Balaban J connectivity index is 0.00000216. The average Bonchev–Trinajstić information content (AvgIpc) is 2.77. The van der Waals surface area contributed by atoms with Crippen molar-refractivity contribution in [3.8, 4) is 16.9 Å². The lowest BCUT2D eigenvalue weighted by Crippen LogP contribution is -2.31. The van der Waals surface area contributed by atoms with Crippen LogP contribution in [0.5, 0.6) is 5.75 Å². The Hall–Kier alpha value is -1.76. The lowest BCUT2D eigenvalue weighted by atomic mass is 9.85. The van der Waals surface area contributed by atoms with Crippen molar-refractivity contribution in [1.29, 1.82) is 0 Å². The van der Waals surface area contributed by atoms with E-state index in [2.05, 4.69) is 29.3 Å².